The number of aromatic nitrogens is 4. The van der Waals surface area contributed by atoms with Crippen LogP contribution in [0.3, 0.4) is 0 Å². The number of nitrogens with two attached hydrogens (primary N) is 1. The number of hydrogen-bond donors (Lipinski definition) is 4. The highest BCUT2D eigenvalue weighted by atomic mass is 15.2. The summed E-state index contributed by atoms with van der Waals surface area (Å²) in [5.41, 5.74) is 9.69. The van der Waals surface area contributed by atoms with E-state index in [2.05, 4.69) is 30.8 Å². The van der Waals surface area contributed by atoms with Gasteiger partial charge in [0.25, 0.3) is 0 Å². The molecule has 0 spiro atoms. The van der Waals surface area contributed by atoms with Gasteiger partial charge in [0, 0.05) is 41.7 Å². The van der Waals surface area contributed by atoms with E-state index < -0.39 is 0 Å². The van der Waals surface area contributed by atoms with E-state index in [1.165, 1.54) is 18.5 Å². The van der Waals surface area contributed by atoms with Crippen molar-refractivity contribution in [3.8, 4) is 0 Å². The Hall–Kier alpha value is -2.93. The van der Waals surface area contributed by atoms with Crippen LogP contribution in [0.4, 0.5) is 23.3 Å². The topological polar surface area (TPSA) is 105 Å². The molecule has 3 aromatic rings. The van der Waals surface area contributed by atoms with Gasteiger partial charge in [-0.2, -0.15) is 10.1 Å². The molecule has 1 aliphatic carbocycles. The van der Waals surface area contributed by atoms with Crippen LogP contribution in [0.25, 0.3) is 0 Å². The van der Waals surface area contributed by atoms with Crippen LogP contribution in [0, 0.1) is 6.92 Å². The molecule has 7 nitrogen and oxygen atoms in total. The van der Waals surface area contributed by atoms with Crippen LogP contribution in [0.5, 0.6) is 0 Å². The molecule has 7 heteroatoms. The molecule has 1 aromatic carbocycles. The molecule has 1 aliphatic rings. The molecule has 0 unspecified atom stereocenters. The number of aryl methyl sites for hydroxylation is 1. The molecule has 0 radical (unpaired) electrons. The van der Waals surface area contributed by atoms with Gasteiger partial charge in [-0.05, 0) is 37.5 Å². The highest BCUT2D eigenvalue weighted by Gasteiger charge is 2.25. The molecule has 0 aliphatic heterocycles. The van der Waals surface area contributed by atoms with Crippen molar-refractivity contribution in [2.45, 2.75) is 32.2 Å². The van der Waals surface area contributed by atoms with E-state index in [0.717, 1.165) is 22.8 Å². The number of H-pyrrole nitrogens is 1. The van der Waals surface area contributed by atoms with E-state index in [-0.39, 0.29) is 0 Å². The summed E-state index contributed by atoms with van der Waals surface area (Å²) in [5.74, 6) is 2.67. The standard InChI is InChI=1S/C18H21N7/c1-11-8-16(22-17-9-15(24-25-17)13-4-5-13)23-18(20-11)21-14-6-2-12(10-19)3-7-14/h2-3,6-9,13H,4-5,10,19H2,1H3,(H3,20,21,22,23,24,25). The minimum absolute atomic E-state index is 0.530. The van der Waals surface area contributed by atoms with Crippen LogP contribution in [0.1, 0.15) is 35.7 Å². The average molecular weight is 335 g/mol. The minimum atomic E-state index is 0.530. The summed E-state index contributed by atoms with van der Waals surface area (Å²) in [6, 6.07) is 11.9. The molecule has 0 atom stereocenters. The van der Waals surface area contributed by atoms with Crippen LogP contribution in [-0.4, -0.2) is 20.2 Å². The van der Waals surface area contributed by atoms with Gasteiger partial charge in [0.1, 0.15) is 5.82 Å². The van der Waals surface area contributed by atoms with Gasteiger partial charge in [0.05, 0.1) is 0 Å². The summed E-state index contributed by atoms with van der Waals surface area (Å²) in [6.45, 7) is 2.47. The number of rotatable bonds is 6. The zero-order valence-corrected chi connectivity index (χ0v) is 14.1. The van der Waals surface area contributed by atoms with Crippen molar-refractivity contribution in [1.82, 2.24) is 20.2 Å². The summed E-state index contributed by atoms with van der Waals surface area (Å²) in [6.07, 6.45) is 2.48. The van der Waals surface area contributed by atoms with Crippen molar-refractivity contribution < 1.29 is 0 Å². The molecular formula is C18H21N7. The zero-order valence-electron chi connectivity index (χ0n) is 14.1. The third-order valence-corrected chi connectivity index (χ3v) is 4.17. The lowest BCUT2D eigenvalue weighted by Crippen LogP contribution is -2.03. The molecule has 1 fully saturated rings. The summed E-state index contributed by atoms with van der Waals surface area (Å²) in [5, 5.41) is 13.9. The predicted octanol–water partition coefficient (Wildman–Crippen LogP) is 3.33. The molecule has 2 aromatic heterocycles. The first kappa shape index (κ1) is 15.6. The van der Waals surface area contributed by atoms with E-state index in [1.807, 2.05) is 43.3 Å². The van der Waals surface area contributed by atoms with Crippen molar-refractivity contribution in [3.63, 3.8) is 0 Å². The molecule has 1 saturated carbocycles. The Morgan fingerprint density at radius 1 is 1.08 bits per heavy atom. The van der Waals surface area contributed by atoms with Crippen LogP contribution in [-0.2, 0) is 6.54 Å². The van der Waals surface area contributed by atoms with Gasteiger partial charge in [-0.15, -0.1) is 0 Å². The maximum absolute atomic E-state index is 5.63. The fourth-order valence-electron chi connectivity index (χ4n) is 2.68. The maximum Gasteiger partial charge on any atom is 0.229 e. The normalized spacial score (nSPS) is 13.7. The molecule has 5 N–H and O–H groups in total. The predicted molar refractivity (Wildman–Crippen MR) is 98.2 cm³/mol. The second-order valence-corrected chi connectivity index (χ2v) is 6.35. The van der Waals surface area contributed by atoms with Crippen molar-refractivity contribution in [1.29, 1.82) is 0 Å². The largest absolute Gasteiger partial charge is 0.326 e. The van der Waals surface area contributed by atoms with Gasteiger partial charge < -0.3 is 16.4 Å². The second-order valence-electron chi connectivity index (χ2n) is 6.35. The number of nitrogens with zero attached hydrogens (tertiary/aromatic N) is 3. The maximum atomic E-state index is 5.63. The lowest BCUT2D eigenvalue weighted by atomic mass is 10.2. The number of hydrogen-bond acceptors (Lipinski definition) is 6. The molecule has 0 bridgehead atoms. The Kier molecular flexibility index (Phi) is 4.07. The highest BCUT2D eigenvalue weighted by molar-refractivity contribution is 5.58. The van der Waals surface area contributed by atoms with Crippen LogP contribution < -0.4 is 16.4 Å². The summed E-state index contributed by atoms with van der Waals surface area (Å²) in [4.78, 5) is 8.97. The third-order valence-electron chi connectivity index (χ3n) is 4.17. The van der Waals surface area contributed by atoms with Crippen molar-refractivity contribution in [2.24, 2.45) is 5.73 Å². The Morgan fingerprint density at radius 3 is 2.60 bits per heavy atom. The van der Waals surface area contributed by atoms with Crippen molar-refractivity contribution in [3.05, 3.63) is 53.3 Å². The summed E-state index contributed by atoms with van der Waals surface area (Å²) >= 11 is 0. The van der Waals surface area contributed by atoms with E-state index in [4.69, 9.17) is 5.73 Å². The third kappa shape index (κ3) is 3.77. The number of benzene rings is 1. The Labute approximate surface area is 146 Å². The zero-order chi connectivity index (χ0) is 17.2. The minimum Gasteiger partial charge on any atom is -0.326 e. The SMILES string of the molecule is Cc1cc(Nc2cc(C3CC3)[nH]n2)nc(Nc2ccc(CN)cc2)n1. The van der Waals surface area contributed by atoms with Crippen molar-refractivity contribution in [2.75, 3.05) is 10.6 Å². The number of anilines is 4. The molecule has 0 amide bonds. The van der Waals surface area contributed by atoms with Gasteiger partial charge in [0.15, 0.2) is 5.82 Å². The van der Waals surface area contributed by atoms with E-state index in [1.54, 1.807) is 0 Å². The molecular weight excluding hydrogens is 314 g/mol. The van der Waals surface area contributed by atoms with Crippen LogP contribution >= 0.6 is 0 Å². The smallest absolute Gasteiger partial charge is 0.229 e. The monoisotopic (exact) mass is 335 g/mol. The number of aromatic amines is 1. The first-order valence-electron chi connectivity index (χ1n) is 8.43. The summed E-state index contributed by atoms with van der Waals surface area (Å²) in [7, 11) is 0. The number of nitrogens with one attached hydrogen (secondary N) is 3. The molecule has 4 rings (SSSR count). The molecule has 2 heterocycles. The quantitative estimate of drug-likeness (QED) is 0.551. The average Bonchev–Trinajstić information content (AvgIpc) is 3.35. The Bertz CT molecular complexity index is 865. The van der Waals surface area contributed by atoms with Crippen LogP contribution in [0.2, 0.25) is 0 Å². The van der Waals surface area contributed by atoms with Gasteiger partial charge in [-0.1, -0.05) is 12.1 Å². The van der Waals surface area contributed by atoms with E-state index in [0.29, 0.717) is 24.2 Å². The van der Waals surface area contributed by atoms with Crippen LogP contribution in [0.15, 0.2) is 36.4 Å². The van der Waals surface area contributed by atoms with Gasteiger partial charge >= 0.3 is 0 Å². The first-order valence-corrected chi connectivity index (χ1v) is 8.43. The molecule has 128 valence electrons. The van der Waals surface area contributed by atoms with E-state index >= 15 is 0 Å². The Balaban J connectivity index is 1.50. The Morgan fingerprint density at radius 2 is 1.88 bits per heavy atom. The van der Waals surface area contributed by atoms with Gasteiger partial charge in [-0.25, -0.2) is 4.98 Å². The lowest BCUT2D eigenvalue weighted by Gasteiger charge is -2.09. The second kappa shape index (κ2) is 6.52. The van der Waals surface area contributed by atoms with Crippen molar-refractivity contribution >= 4 is 23.3 Å². The lowest BCUT2D eigenvalue weighted by molar-refractivity contribution is 0.966. The fourth-order valence-corrected chi connectivity index (χ4v) is 2.68. The first-order chi connectivity index (χ1) is 12.2. The fraction of sp³-hybridized carbons (Fsp3) is 0.278. The molecule has 25 heavy (non-hydrogen) atoms. The molecule has 0 saturated heterocycles. The van der Waals surface area contributed by atoms with Gasteiger partial charge in [-0.3, -0.25) is 5.10 Å². The van der Waals surface area contributed by atoms with E-state index in [9.17, 15) is 0 Å². The summed E-state index contributed by atoms with van der Waals surface area (Å²) < 4.78 is 0. The van der Waals surface area contributed by atoms with Gasteiger partial charge in [0.2, 0.25) is 5.95 Å². The highest BCUT2D eigenvalue weighted by Crippen LogP contribution is 2.39.